The molecule has 2 rings (SSSR count). The van der Waals surface area contributed by atoms with Gasteiger partial charge >= 0.3 is 0 Å². The Hall–Kier alpha value is -1.86. The number of methoxy groups -OCH3 is 1. The van der Waals surface area contributed by atoms with Crippen LogP contribution >= 0.6 is 0 Å². The van der Waals surface area contributed by atoms with Crippen LogP contribution in [0.15, 0.2) is 18.2 Å². The molecule has 21 heavy (non-hydrogen) atoms. The Morgan fingerprint density at radius 1 is 1.43 bits per heavy atom. The van der Waals surface area contributed by atoms with Gasteiger partial charge in [0.05, 0.1) is 19.2 Å². The summed E-state index contributed by atoms with van der Waals surface area (Å²) in [6, 6.07) is 5.06. The van der Waals surface area contributed by atoms with E-state index in [4.69, 9.17) is 4.74 Å². The predicted octanol–water partition coefficient (Wildman–Crippen LogP) is 1.47. The van der Waals surface area contributed by atoms with Crippen LogP contribution in [-0.2, 0) is 11.3 Å². The molecule has 0 radical (unpaired) electrons. The summed E-state index contributed by atoms with van der Waals surface area (Å²) in [6.45, 7) is 5.57. The molecule has 0 fully saturated rings. The first-order chi connectivity index (χ1) is 10.1. The average Bonchev–Trinajstić information content (AvgIpc) is 2.94. The number of tetrazole rings is 1. The van der Waals surface area contributed by atoms with Gasteiger partial charge in [-0.25, -0.2) is 9.07 Å². The molecule has 1 unspecified atom stereocenters. The number of aromatic nitrogens is 4. The first-order valence-corrected chi connectivity index (χ1v) is 6.86. The fourth-order valence-corrected chi connectivity index (χ4v) is 2.01. The molecule has 7 heteroatoms. The maximum atomic E-state index is 13.7. The van der Waals surface area contributed by atoms with Gasteiger partial charge in [-0.2, -0.15) is 0 Å². The second-order valence-corrected chi connectivity index (χ2v) is 4.89. The van der Waals surface area contributed by atoms with E-state index in [1.54, 1.807) is 24.8 Å². The third kappa shape index (κ3) is 3.83. The number of aryl methyl sites for hydroxylation is 1. The monoisotopic (exact) mass is 293 g/mol. The molecule has 1 heterocycles. The van der Waals surface area contributed by atoms with Crippen LogP contribution < -0.4 is 5.32 Å². The third-order valence-electron chi connectivity index (χ3n) is 3.37. The summed E-state index contributed by atoms with van der Waals surface area (Å²) in [5.74, 6) is 0.492. The zero-order valence-electron chi connectivity index (χ0n) is 12.5. The molecule has 1 N–H and O–H groups in total. The minimum atomic E-state index is -0.216. The molecule has 0 amide bonds. The summed E-state index contributed by atoms with van der Waals surface area (Å²) in [5, 5.41) is 14.9. The Balaban J connectivity index is 2.10. The van der Waals surface area contributed by atoms with E-state index in [0.29, 0.717) is 24.5 Å². The van der Waals surface area contributed by atoms with Crippen molar-refractivity contribution in [1.82, 2.24) is 25.5 Å². The topological polar surface area (TPSA) is 64.9 Å². The van der Waals surface area contributed by atoms with Crippen LogP contribution in [0.1, 0.15) is 29.9 Å². The lowest BCUT2D eigenvalue weighted by Gasteiger charge is -2.14. The Kier molecular flexibility index (Phi) is 5.35. The zero-order valence-corrected chi connectivity index (χ0v) is 12.5. The number of benzene rings is 1. The van der Waals surface area contributed by atoms with Crippen LogP contribution in [0.3, 0.4) is 0 Å². The molecule has 1 aromatic carbocycles. The lowest BCUT2D eigenvalue weighted by atomic mass is 10.1. The van der Waals surface area contributed by atoms with E-state index in [0.717, 1.165) is 12.1 Å². The van der Waals surface area contributed by atoms with Crippen molar-refractivity contribution in [2.24, 2.45) is 0 Å². The van der Waals surface area contributed by atoms with E-state index < -0.39 is 0 Å². The van der Waals surface area contributed by atoms with E-state index >= 15 is 0 Å². The minimum Gasteiger partial charge on any atom is -0.383 e. The number of hydrogen-bond donors (Lipinski definition) is 1. The Bertz CT molecular complexity index is 586. The highest BCUT2D eigenvalue weighted by Gasteiger charge is 2.15. The third-order valence-corrected chi connectivity index (χ3v) is 3.37. The van der Waals surface area contributed by atoms with Crippen molar-refractivity contribution in [2.75, 3.05) is 20.3 Å². The normalized spacial score (nSPS) is 12.6. The Morgan fingerprint density at radius 2 is 2.24 bits per heavy atom. The van der Waals surface area contributed by atoms with Gasteiger partial charge in [-0.1, -0.05) is 12.1 Å². The van der Waals surface area contributed by atoms with Gasteiger partial charge < -0.3 is 10.1 Å². The van der Waals surface area contributed by atoms with Crippen molar-refractivity contribution < 1.29 is 9.13 Å². The molecule has 6 nitrogen and oxygen atoms in total. The van der Waals surface area contributed by atoms with E-state index in [1.165, 1.54) is 6.07 Å². The molecule has 114 valence electrons. The maximum absolute atomic E-state index is 13.7. The standard InChI is InChI=1S/C14H20FN5O/c1-10-4-5-12(8-13(10)15)11(2)20-14(17-18-19-20)9-16-6-7-21-3/h4-5,8,11,16H,6-7,9H2,1-3H3. The molecule has 1 aromatic heterocycles. The minimum absolute atomic E-state index is 0.130. The molecule has 0 bridgehead atoms. The van der Waals surface area contributed by atoms with Crippen molar-refractivity contribution in [2.45, 2.75) is 26.4 Å². The molecule has 1 atom stereocenters. The van der Waals surface area contributed by atoms with Gasteiger partial charge in [-0.05, 0) is 41.5 Å². The number of nitrogens with zero attached hydrogens (tertiary/aromatic N) is 4. The molecule has 0 saturated heterocycles. The molecule has 0 saturated carbocycles. The highest BCUT2D eigenvalue weighted by molar-refractivity contribution is 5.25. The number of hydrogen-bond acceptors (Lipinski definition) is 5. The van der Waals surface area contributed by atoms with Crippen molar-refractivity contribution in [3.63, 3.8) is 0 Å². The van der Waals surface area contributed by atoms with Crippen LogP contribution in [0.5, 0.6) is 0 Å². The van der Waals surface area contributed by atoms with E-state index in [1.807, 2.05) is 13.0 Å². The number of rotatable bonds is 7. The van der Waals surface area contributed by atoms with Crippen LogP contribution in [0.4, 0.5) is 4.39 Å². The SMILES string of the molecule is COCCNCc1nnnn1C(C)c1ccc(C)c(F)c1. The zero-order chi connectivity index (χ0) is 15.2. The van der Waals surface area contributed by atoms with E-state index in [2.05, 4.69) is 20.8 Å². The van der Waals surface area contributed by atoms with Gasteiger partial charge in [0.2, 0.25) is 0 Å². The first-order valence-electron chi connectivity index (χ1n) is 6.86. The number of nitrogens with one attached hydrogen (secondary N) is 1. The summed E-state index contributed by atoms with van der Waals surface area (Å²) >= 11 is 0. The largest absolute Gasteiger partial charge is 0.383 e. The lowest BCUT2D eigenvalue weighted by molar-refractivity contribution is 0.198. The molecule has 0 aliphatic heterocycles. The van der Waals surface area contributed by atoms with Gasteiger partial charge in [-0.15, -0.1) is 5.10 Å². The molecular formula is C14H20FN5O. The fraction of sp³-hybridized carbons (Fsp3) is 0.500. The van der Waals surface area contributed by atoms with Crippen LogP contribution in [-0.4, -0.2) is 40.5 Å². The van der Waals surface area contributed by atoms with E-state index in [-0.39, 0.29) is 11.9 Å². The Labute approximate surface area is 123 Å². The average molecular weight is 293 g/mol. The van der Waals surface area contributed by atoms with Crippen molar-refractivity contribution in [3.8, 4) is 0 Å². The quantitative estimate of drug-likeness (QED) is 0.783. The molecule has 2 aromatic rings. The summed E-state index contributed by atoms with van der Waals surface area (Å²) in [7, 11) is 1.65. The summed E-state index contributed by atoms with van der Waals surface area (Å²) in [5.41, 5.74) is 1.47. The van der Waals surface area contributed by atoms with Crippen LogP contribution in [0.25, 0.3) is 0 Å². The maximum Gasteiger partial charge on any atom is 0.165 e. The second-order valence-electron chi connectivity index (χ2n) is 4.89. The van der Waals surface area contributed by atoms with Crippen LogP contribution in [0.2, 0.25) is 0 Å². The summed E-state index contributed by atoms with van der Waals surface area (Å²) < 4.78 is 20.4. The van der Waals surface area contributed by atoms with Gasteiger partial charge in [0.1, 0.15) is 5.82 Å². The molecule has 0 aliphatic carbocycles. The van der Waals surface area contributed by atoms with Crippen LogP contribution in [0, 0.1) is 12.7 Å². The van der Waals surface area contributed by atoms with Crippen molar-refractivity contribution in [3.05, 3.63) is 41.0 Å². The predicted molar refractivity (Wildman–Crippen MR) is 76.3 cm³/mol. The van der Waals surface area contributed by atoms with Gasteiger partial charge in [0.15, 0.2) is 5.82 Å². The molecular weight excluding hydrogens is 273 g/mol. The highest BCUT2D eigenvalue weighted by Crippen LogP contribution is 2.20. The molecule has 0 spiro atoms. The molecule has 0 aliphatic rings. The van der Waals surface area contributed by atoms with Gasteiger partial charge in [0.25, 0.3) is 0 Å². The highest BCUT2D eigenvalue weighted by atomic mass is 19.1. The number of ether oxygens (including phenoxy) is 1. The summed E-state index contributed by atoms with van der Waals surface area (Å²) in [6.07, 6.45) is 0. The lowest BCUT2D eigenvalue weighted by Crippen LogP contribution is -2.22. The summed E-state index contributed by atoms with van der Waals surface area (Å²) in [4.78, 5) is 0. The number of halogens is 1. The van der Waals surface area contributed by atoms with E-state index in [9.17, 15) is 4.39 Å². The first kappa shape index (κ1) is 15.5. The fourth-order valence-electron chi connectivity index (χ4n) is 2.01. The van der Waals surface area contributed by atoms with Crippen molar-refractivity contribution >= 4 is 0 Å². The second kappa shape index (κ2) is 7.24. The Morgan fingerprint density at radius 3 is 2.95 bits per heavy atom. The van der Waals surface area contributed by atoms with Gasteiger partial charge in [0, 0.05) is 13.7 Å². The van der Waals surface area contributed by atoms with Gasteiger partial charge in [-0.3, -0.25) is 0 Å². The van der Waals surface area contributed by atoms with Crippen molar-refractivity contribution in [1.29, 1.82) is 0 Å². The smallest absolute Gasteiger partial charge is 0.165 e.